The van der Waals surface area contributed by atoms with Gasteiger partial charge in [-0.25, -0.2) is 0 Å². The molecule has 2 N–H and O–H groups in total. The van der Waals surface area contributed by atoms with Gasteiger partial charge in [-0.05, 0) is 18.6 Å². The summed E-state index contributed by atoms with van der Waals surface area (Å²) in [5.74, 6) is 1.92. The van der Waals surface area contributed by atoms with Gasteiger partial charge in [0.25, 0.3) is 0 Å². The highest BCUT2D eigenvalue weighted by Crippen LogP contribution is 2.21. The zero-order chi connectivity index (χ0) is 13.7. The van der Waals surface area contributed by atoms with Crippen molar-refractivity contribution in [1.82, 2.24) is 10.1 Å². The maximum Gasteiger partial charge on any atom is 0.228 e. The lowest BCUT2D eigenvalue weighted by atomic mass is 10.1. The normalized spacial score (nSPS) is 12.4. The molecule has 5 heteroatoms. The molecule has 0 spiro atoms. The summed E-state index contributed by atoms with van der Waals surface area (Å²) in [6, 6.07) is 7.64. The van der Waals surface area contributed by atoms with Gasteiger partial charge < -0.3 is 15.0 Å². The minimum atomic E-state index is 0.0728. The number of nitrogens with zero attached hydrogens (tertiary/aromatic N) is 2. The molecule has 1 heterocycles. The largest absolute Gasteiger partial charge is 0.497 e. The third-order valence-corrected chi connectivity index (χ3v) is 2.89. The van der Waals surface area contributed by atoms with Crippen LogP contribution in [0.2, 0.25) is 0 Å². The second-order valence-electron chi connectivity index (χ2n) is 4.50. The molecule has 2 rings (SSSR count). The minimum Gasteiger partial charge on any atom is -0.497 e. The number of hydrogen-bond donors (Lipinski definition) is 1. The Morgan fingerprint density at radius 2 is 2.26 bits per heavy atom. The lowest BCUT2D eigenvalue weighted by Crippen LogP contribution is -2.22. The number of methoxy groups -OCH3 is 1. The molecule has 102 valence electrons. The van der Waals surface area contributed by atoms with Crippen molar-refractivity contribution in [3.8, 4) is 17.1 Å². The summed E-state index contributed by atoms with van der Waals surface area (Å²) in [7, 11) is 1.63. The Balaban J connectivity index is 2.11. The fourth-order valence-electron chi connectivity index (χ4n) is 1.91. The smallest absolute Gasteiger partial charge is 0.228 e. The van der Waals surface area contributed by atoms with Gasteiger partial charge in [-0.2, -0.15) is 4.98 Å². The second kappa shape index (κ2) is 6.33. The van der Waals surface area contributed by atoms with Crippen molar-refractivity contribution in [3.63, 3.8) is 0 Å². The van der Waals surface area contributed by atoms with Crippen LogP contribution in [0.15, 0.2) is 28.8 Å². The molecule has 0 bridgehead atoms. The quantitative estimate of drug-likeness (QED) is 0.864. The average Bonchev–Trinajstić information content (AvgIpc) is 2.87. The summed E-state index contributed by atoms with van der Waals surface area (Å²) in [6.45, 7) is 2.11. The topological polar surface area (TPSA) is 74.2 Å². The van der Waals surface area contributed by atoms with Crippen LogP contribution in [0.5, 0.6) is 5.75 Å². The van der Waals surface area contributed by atoms with Gasteiger partial charge in [0, 0.05) is 18.0 Å². The van der Waals surface area contributed by atoms with E-state index in [0.717, 1.165) is 24.2 Å². The number of aromatic nitrogens is 2. The van der Waals surface area contributed by atoms with Crippen molar-refractivity contribution in [1.29, 1.82) is 0 Å². The predicted molar refractivity (Wildman–Crippen MR) is 72.9 cm³/mol. The summed E-state index contributed by atoms with van der Waals surface area (Å²) in [5, 5.41) is 3.98. The van der Waals surface area contributed by atoms with E-state index < -0.39 is 0 Å². The van der Waals surface area contributed by atoms with E-state index in [2.05, 4.69) is 17.1 Å². The van der Waals surface area contributed by atoms with Crippen LogP contribution < -0.4 is 10.5 Å². The Bertz CT molecular complexity index is 525. The number of benzene rings is 1. The second-order valence-corrected chi connectivity index (χ2v) is 4.50. The highest BCUT2D eigenvalue weighted by molar-refractivity contribution is 5.56. The van der Waals surface area contributed by atoms with Gasteiger partial charge >= 0.3 is 0 Å². The van der Waals surface area contributed by atoms with E-state index >= 15 is 0 Å². The molecule has 1 aromatic carbocycles. The number of ether oxygens (including phenoxy) is 1. The Morgan fingerprint density at radius 1 is 1.42 bits per heavy atom. The van der Waals surface area contributed by atoms with E-state index in [0.29, 0.717) is 18.1 Å². The molecule has 2 aromatic rings. The van der Waals surface area contributed by atoms with E-state index in [-0.39, 0.29) is 6.04 Å². The van der Waals surface area contributed by atoms with Gasteiger partial charge in [0.1, 0.15) is 5.75 Å². The lowest BCUT2D eigenvalue weighted by molar-refractivity contribution is 0.366. The number of nitrogens with two attached hydrogens (primary N) is 1. The molecule has 0 amide bonds. The summed E-state index contributed by atoms with van der Waals surface area (Å²) in [5.41, 5.74) is 6.84. The van der Waals surface area contributed by atoms with E-state index in [4.69, 9.17) is 15.0 Å². The van der Waals surface area contributed by atoms with Crippen molar-refractivity contribution in [3.05, 3.63) is 30.2 Å². The van der Waals surface area contributed by atoms with Gasteiger partial charge in [-0.3, -0.25) is 0 Å². The van der Waals surface area contributed by atoms with Gasteiger partial charge in [-0.15, -0.1) is 0 Å². The Kier molecular flexibility index (Phi) is 4.52. The first kappa shape index (κ1) is 13.5. The van der Waals surface area contributed by atoms with E-state index in [1.807, 2.05) is 24.3 Å². The van der Waals surface area contributed by atoms with Gasteiger partial charge in [0.15, 0.2) is 0 Å². The molecule has 5 nitrogen and oxygen atoms in total. The van der Waals surface area contributed by atoms with Crippen LogP contribution in [0.4, 0.5) is 0 Å². The van der Waals surface area contributed by atoms with E-state index in [9.17, 15) is 0 Å². The van der Waals surface area contributed by atoms with Gasteiger partial charge in [0.05, 0.1) is 7.11 Å². The molecule has 0 saturated heterocycles. The third-order valence-electron chi connectivity index (χ3n) is 2.89. The van der Waals surface area contributed by atoms with E-state index in [1.165, 1.54) is 0 Å². The Morgan fingerprint density at radius 3 is 3.00 bits per heavy atom. The highest BCUT2D eigenvalue weighted by atomic mass is 16.5. The molecule has 0 radical (unpaired) electrons. The van der Waals surface area contributed by atoms with Crippen molar-refractivity contribution < 1.29 is 9.26 Å². The minimum absolute atomic E-state index is 0.0728. The van der Waals surface area contributed by atoms with Crippen molar-refractivity contribution in [2.45, 2.75) is 32.2 Å². The maximum absolute atomic E-state index is 5.96. The first-order valence-electron chi connectivity index (χ1n) is 6.45. The van der Waals surface area contributed by atoms with Crippen molar-refractivity contribution >= 4 is 0 Å². The summed E-state index contributed by atoms with van der Waals surface area (Å²) in [6.07, 6.45) is 2.62. The van der Waals surface area contributed by atoms with Crippen LogP contribution in [-0.4, -0.2) is 23.3 Å². The average molecular weight is 261 g/mol. The monoisotopic (exact) mass is 261 g/mol. The fraction of sp³-hybridized carbons (Fsp3) is 0.429. The summed E-state index contributed by atoms with van der Waals surface area (Å²) in [4.78, 5) is 4.36. The molecule has 0 aliphatic rings. The zero-order valence-electron chi connectivity index (χ0n) is 11.3. The van der Waals surface area contributed by atoms with Crippen LogP contribution in [0.3, 0.4) is 0 Å². The van der Waals surface area contributed by atoms with Gasteiger partial charge in [-0.1, -0.05) is 30.6 Å². The Labute approximate surface area is 112 Å². The highest BCUT2D eigenvalue weighted by Gasteiger charge is 2.12. The standard InChI is InChI=1S/C14H19N3O2/c1-3-5-11(15)9-13-16-14(17-19-13)10-6-4-7-12(8-10)18-2/h4,6-8,11H,3,5,9,15H2,1-2H3. The zero-order valence-corrected chi connectivity index (χ0v) is 11.3. The fourth-order valence-corrected chi connectivity index (χ4v) is 1.91. The SMILES string of the molecule is CCCC(N)Cc1nc(-c2cccc(OC)c2)no1. The molecular weight excluding hydrogens is 242 g/mol. The van der Waals surface area contributed by atoms with Crippen LogP contribution >= 0.6 is 0 Å². The van der Waals surface area contributed by atoms with Crippen LogP contribution in [0.1, 0.15) is 25.7 Å². The third kappa shape index (κ3) is 3.54. The molecule has 19 heavy (non-hydrogen) atoms. The van der Waals surface area contributed by atoms with Crippen molar-refractivity contribution in [2.24, 2.45) is 5.73 Å². The van der Waals surface area contributed by atoms with Crippen molar-refractivity contribution in [2.75, 3.05) is 7.11 Å². The van der Waals surface area contributed by atoms with Crippen LogP contribution in [-0.2, 0) is 6.42 Å². The first-order chi connectivity index (χ1) is 9.22. The molecule has 0 fully saturated rings. The number of hydrogen-bond acceptors (Lipinski definition) is 5. The summed E-state index contributed by atoms with van der Waals surface area (Å²) >= 11 is 0. The number of rotatable bonds is 6. The van der Waals surface area contributed by atoms with Crippen LogP contribution in [0, 0.1) is 0 Å². The first-order valence-corrected chi connectivity index (χ1v) is 6.45. The predicted octanol–water partition coefficient (Wildman–Crippen LogP) is 2.42. The molecule has 0 aliphatic carbocycles. The lowest BCUT2D eigenvalue weighted by Gasteiger charge is -2.05. The maximum atomic E-state index is 5.96. The summed E-state index contributed by atoms with van der Waals surface area (Å²) < 4.78 is 10.4. The molecular formula is C14H19N3O2. The van der Waals surface area contributed by atoms with Crippen LogP contribution in [0.25, 0.3) is 11.4 Å². The molecule has 1 atom stereocenters. The molecule has 1 aromatic heterocycles. The van der Waals surface area contributed by atoms with Gasteiger partial charge in [0.2, 0.25) is 11.7 Å². The Hall–Kier alpha value is -1.88. The molecule has 1 unspecified atom stereocenters. The molecule has 0 aliphatic heterocycles. The molecule has 0 saturated carbocycles. The van der Waals surface area contributed by atoms with E-state index in [1.54, 1.807) is 7.11 Å².